The standard InChI is InChI=1S/C23H30N4O6S/c1-5-32-23(31)18-14(3)19(21(30)24-4)34-22(18)26-17(28)12-27-10-8-15(9-11-27)25-20(29)16-7-6-13(2)33-16/h6-7,15H,5,8-12H2,1-4H3,(H,24,30)(H,25,29)(H,26,28). The molecule has 10 nitrogen and oxygen atoms in total. The molecular formula is C23H30N4O6S. The molecule has 1 aliphatic heterocycles. The molecule has 0 bridgehead atoms. The topological polar surface area (TPSA) is 130 Å². The predicted molar refractivity (Wildman–Crippen MR) is 127 cm³/mol. The van der Waals surface area contributed by atoms with Gasteiger partial charge in [0, 0.05) is 26.2 Å². The van der Waals surface area contributed by atoms with Crippen molar-refractivity contribution >= 4 is 40.0 Å². The average molecular weight is 491 g/mol. The van der Waals surface area contributed by atoms with Crippen molar-refractivity contribution in [2.24, 2.45) is 0 Å². The van der Waals surface area contributed by atoms with Gasteiger partial charge in [-0.3, -0.25) is 19.3 Å². The minimum atomic E-state index is -0.579. The molecule has 34 heavy (non-hydrogen) atoms. The summed E-state index contributed by atoms with van der Waals surface area (Å²) >= 11 is 1.05. The smallest absolute Gasteiger partial charge is 0.341 e. The van der Waals surface area contributed by atoms with E-state index in [9.17, 15) is 19.2 Å². The van der Waals surface area contributed by atoms with E-state index in [1.54, 1.807) is 32.9 Å². The number of aryl methyl sites for hydroxylation is 1. The molecule has 184 valence electrons. The number of carbonyl (C=O) groups excluding carboxylic acids is 4. The molecule has 11 heteroatoms. The molecule has 0 radical (unpaired) electrons. The first-order chi connectivity index (χ1) is 16.2. The van der Waals surface area contributed by atoms with Crippen LogP contribution >= 0.6 is 11.3 Å². The Labute approximate surface area is 202 Å². The van der Waals surface area contributed by atoms with Gasteiger partial charge in [-0.2, -0.15) is 0 Å². The van der Waals surface area contributed by atoms with Gasteiger partial charge in [-0.1, -0.05) is 0 Å². The van der Waals surface area contributed by atoms with E-state index in [0.29, 0.717) is 52.9 Å². The number of thiophene rings is 1. The summed E-state index contributed by atoms with van der Waals surface area (Å²) in [6, 6.07) is 3.40. The van der Waals surface area contributed by atoms with Crippen LogP contribution in [0.4, 0.5) is 5.00 Å². The van der Waals surface area contributed by atoms with E-state index >= 15 is 0 Å². The summed E-state index contributed by atoms with van der Waals surface area (Å²) in [4.78, 5) is 52.0. The Balaban J connectivity index is 1.57. The number of hydrogen-bond donors (Lipinski definition) is 3. The van der Waals surface area contributed by atoms with Crippen molar-refractivity contribution in [2.45, 2.75) is 39.7 Å². The van der Waals surface area contributed by atoms with Crippen LogP contribution in [0.1, 0.15) is 61.7 Å². The average Bonchev–Trinajstić information content (AvgIpc) is 3.37. The number of hydrogen-bond acceptors (Lipinski definition) is 8. The van der Waals surface area contributed by atoms with Crippen molar-refractivity contribution in [3.05, 3.63) is 39.7 Å². The third kappa shape index (κ3) is 6.03. The molecule has 0 aromatic carbocycles. The van der Waals surface area contributed by atoms with E-state index < -0.39 is 5.97 Å². The molecule has 2 aromatic rings. The summed E-state index contributed by atoms with van der Waals surface area (Å²) in [6.07, 6.45) is 1.40. The lowest BCUT2D eigenvalue weighted by Gasteiger charge is -2.31. The summed E-state index contributed by atoms with van der Waals surface area (Å²) in [5.41, 5.74) is 0.676. The van der Waals surface area contributed by atoms with E-state index in [-0.39, 0.29) is 42.5 Å². The van der Waals surface area contributed by atoms with Crippen LogP contribution in [0.2, 0.25) is 0 Å². The Kier molecular flexibility index (Phi) is 8.46. The normalized spacial score (nSPS) is 14.5. The van der Waals surface area contributed by atoms with E-state index in [2.05, 4.69) is 16.0 Å². The van der Waals surface area contributed by atoms with Crippen molar-refractivity contribution < 1.29 is 28.3 Å². The highest BCUT2D eigenvalue weighted by molar-refractivity contribution is 7.18. The predicted octanol–water partition coefficient (Wildman–Crippen LogP) is 2.33. The highest BCUT2D eigenvalue weighted by Gasteiger charge is 2.28. The second-order valence-corrected chi connectivity index (χ2v) is 9.06. The molecule has 0 spiro atoms. The van der Waals surface area contributed by atoms with Crippen LogP contribution in [-0.4, -0.2) is 67.9 Å². The van der Waals surface area contributed by atoms with Crippen LogP contribution in [0.3, 0.4) is 0 Å². The Morgan fingerprint density at radius 2 is 1.85 bits per heavy atom. The lowest BCUT2D eigenvalue weighted by Crippen LogP contribution is -2.46. The molecule has 0 saturated carbocycles. The third-order valence-corrected chi connectivity index (χ3v) is 6.77. The summed E-state index contributed by atoms with van der Waals surface area (Å²) in [5, 5.41) is 8.60. The largest absolute Gasteiger partial charge is 0.462 e. The zero-order valence-corrected chi connectivity index (χ0v) is 20.6. The van der Waals surface area contributed by atoms with Crippen LogP contribution in [0, 0.1) is 13.8 Å². The first-order valence-corrected chi connectivity index (χ1v) is 12.0. The second kappa shape index (κ2) is 11.3. The Morgan fingerprint density at radius 3 is 2.44 bits per heavy atom. The minimum Gasteiger partial charge on any atom is -0.462 e. The lowest BCUT2D eigenvalue weighted by atomic mass is 10.0. The summed E-state index contributed by atoms with van der Waals surface area (Å²) in [6.45, 7) is 6.72. The molecule has 3 heterocycles. The fourth-order valence-electron chi connectivity index (χ4n) is 3.80. The first kappa shape index (κ1) is 25.4. The van der Waals surface area contributed by atoms with Crippen LogP contribution in [-0.2, 0) is 9.53 Å². The van der Waals surface area contributed by atoms with Gasteiger partial charge in [0.15, 0.2) is 5.76 Å². The zero-order chi connectivity index (χ0) is 24.8. The van der Waals surface area contributed by atoms with E-state index in [1.807, 2.05) is 4.90 Å². The highest BCUT2D eigenvalue weighted by atomic mass is 32.1. The minimum absolute atomic E-state index is 0.00249. The van der Waals surface area contributed by atoms with E-state index in [0.717, 1.165) is 11.3 Å². The maximum atomic E-state index is 12.7. The number of anilines is 1. The van der Waals surface area contributed by atoms with Crippen molar-refractivity contribution in [2.75, 3.05) is 38.6 Å². The van der Waals surface area contributed by atoms with Gasteiger partial charge in [0.25, 0.3) is 11.8 Å². The number of carbonyl (C=O) groups is 4. The van der Waals surface area contributed by atoms with Crippen LogP contribution in [0.15, 0.2) is 16.5 Å². The summed E-state index contributed by atoms with van der Waals surface area (Å²) in [7, 11) is 1.51. The van der Waals surface area contributed by atoms with Gasteiger partial charge >= 0.3 is 5.97 Å². The molecule has 2 aromatic heterocycles. The molecular weight excluding hydrogens is 460 g/mol. The van der Waals surface area contributed by atoms with Crippen LogP contribution < -0.4 is 16.0 Å². The third-order valence-electron chi connectivity index (χ3n) is 5.57. The summed E-state index contributed by atoms with van der Waals surface area (Å²) < 4.78 is 10.5. The second-order valence-electron chi connectivity index (χ2n) is 8.04. The molecule has 1 aliphatic rings. The maximum absolute atomic E-state index is 12.7. The van der Waals surface area contributed by atoms with E-state index in [1.165, 1.54) is 7.05 Å². The molecule has 0 aliphatic carbocycles. The Bertz CT molecular complexity index is 1070. The molecule has 3 N–H and O–H groups in total. The van der Waals surface area contributed by atoms with E-state index in [4.69, 9.17) is 9.15 Å². The first-order valence-electron chi connectivity index (χ1n) is 11.2. The SMILES string of the molecule is CCOC(=O)c1c(NC(=O)CN2CCC(NC(=O)c3ccc(C)o3)CC2)sc(C(=O)NC)c1C. The lowest BCUT2D eigenvalue weighted by molar-refractivity contribution is -0.117. The van der Waals surface area contributed by atoms with Crippen molar-refractivity contribution in [1.82, 2.24) is 15.5 Å². The summed E-state index contributed by atoms with van der Waals surface area (Å²) in [5.74, 6) is -0.466. The Morgan fingerprint density at radius 1 is 1.15 bits per heavy atom. The highest BCUT2D eigenvalue weighted by Crippen LogP contribution is 2.33. The number of nitrogens with zero attached hydrogens (tertiary/aromatic N) is 1. The van der Waals surface area contributed by atoms with Gasteiger partial charge < -0.3 is 25.1 Å². The molecule has 0 unspecified atom stereocenters. The van der Waals surface area contributed by atoms with Crippen LogP contribution in [0.25, 0.3) is 0 Å². The zero-order valence-electron chi connectivity index (χ0n) is 19.8. The molecule has 3 rings (SSSR count). The number of ether oxygens (including phenoxy) is 1. The number of nitrogens with one attached hydrogen (secondary N) is 3. The number of likely N-dealkylation sites (tertiary alicyclic amines) is 1. The van der Waals surface area contributed by atoms with Gasteiger partial charge in [-0.15, -0.1) is 11.3 Å². The molecule has 1 saturated heterocycles. The van der Waals surface area contributed by atoms with Gasteiger partial charge in [0.1, 0.15) is 10.8 Å². The molecule has 0 atom stereocenters. The quantitative estimate of drug-likeness (QED) is 0.484. The van der Waals surface area contributed by atoms with Gasteiger partial charge in [0.05, 0.1) is 23.6 Å². The fraction of sp³-hybridized carbons (Fsp3) is 0.478. The molecule has 3 amide bonds. The number of amides is 3. The maximum Gasteiger partial charge on any atom is 0.341 e. The monoisotopic (exact) mass is 490 g/mol. The van der Waals surface area contributed by atoms with Gasteiger partial charge in [0.2, 0.25) is 5.91 Å². The van der Waals surface area contributed by atoms with Crippen molar-refractivity contribution in [1.29, 1.82) is 0 Å². The fourth-order valence-corrected chi connectivity index (χ4v) is 4.96. The van der Waals surface area contributed by atoms with Gasteiger partial charge in [-0.25, -0.2) is 4.79 Å². The van der Waals surface area contributed by atoms with Gasteiger partial charge in [-0.05, 0) is 51.3 Å². The molecule has 1 fully saturated rings. The number of rotatable bonds is 8. The number of esters is 1. The van der Waals surface area contributed by atoms with Crippen molar-refractivity contribution in [3.8, 4) is 0 Å². The van der Waals surface area contributed by atoms with Crippen molar-refractivity contribution in [3.63, 3.8) is 0 Å². The number of furan rings is 1. The number of piperidine rings is 1. The van der Waals surface area contributed by atoms with Crippen LogP contribution in [0.5, 0.6) is 0 Å². The Hall–Kier alpha value is -3.18.